The van der Waals surface area contributed by atoms with E-state index in [9.17, 15) is 0 Å². The fraction of sp³-hybridized carbons (Fsp3) is 0.619. The Kier molecular flexibility index (Phi) is 8.91. The fourth-order valence-corrected chi connectivity index (χ4v) is 2.44. The second kappa shape index (κ2) is 10.5. The van der Waals surface area contributed by atoms with Crippen LogP contribution in [0.1, 0.15) is 84.1 Å². The molecule has 0 N–H and O–H groups in total. The lowest BCUT2D eigenvalue weighted by atomic mass is 9.89. The molecule has 0 aliphatic heterocycles. The smallest absolute Gasteiger partial charge is 0.0245 e. The average molecular weight is 284 g/mol. The molecule has 0 saturated carbocycles. The van der Waals surface area contributed by atoms with E-state index in [0.29, 0.717) is 5.41 Å². The summed E-state index contributed by atoms with van der Waals surface area (Å²) in [5, 5.41) is 0. The second-order valence-corrected chi connectivity index (χ2v) is 7.20. The largest absolute Gasteiger partial charge is 0.0979 e. The summed E-state index contributed by atoms with van der Waals surface area (Å²) >= 11 is 0. The average Bonchev–Trinajstić information content (AvgIpc) is 2.44. The van der Waals surface area contributed by atoms with Crippen molar-refractivity contribution in [2.75, 3.05) is 0 Å². The summed E-state index contributed by atoms with van der Waals surface area (Å²) in [4.78, 5) is 0. The molecule has 0 heteroatoms. The van der Waals surface area contributed by atoms with Crippen LogP contribution in [0, 0.1) is 17.3 Å². The molecule has 0 unspecified atom stereocenters. The van der Waals surface area contributed by atoms with Crippen LogP contribution in [-0.2, 0) is 0 Å². The summed E-state index contributed by atoms with van der Waals surface area (Å²) < 4.78 is 0. The third-order valence-electron chi connectivity index (χ3n) is 3.74. The van der Waals surface area contributed by atoms with Gasteiger partial charge in [0.05, 0.1) is 0 Å². The van der Waals surface area contributed by atoms with Gasteiger partial charge in [0.1, 0.15) is 0 Å². The van der Waals surface area contributed by atoms with E-state index in [4.69, 9.17) is 0 Å². The molecule has 0 saturated heterocycles. The highest BCUT2D eigenvalue weighted by atomic mass is 14.1. The van der Waals surface area contributed by atoms with Crippen molar-refractivity contribution in [3.05, 3.63) is 35.9 Å². The fourth-order valence-electron chi connectivity index (χ4n) is 2.44. The molecule has 1 aromatic carbocycles. The first-order valence-corrected chi connectivity index (χ1v) is 8.62. The maximum atomic E-state index is 3.28. The highest BCUT2D eigenvalue weighted by molar-refractivity contribution is 5.33. The highest BCUT2D eigenvalue weighted by Gasteiger charge is 2.08. The Morgan fingerprint density at radius 1 is 0.762 bits per heavy atom. The zero-order valence-electron chi connectivity index (χ0n) is 14.3. The summed E-state index contributed by atoms with van der Waals surface area (Å²) in [6, 6.07) is 10.3. The molecule has 116 valence electrons. The maximum absolute atomic E-state index is 3.28. The van der Waals surface area contributed by atoms with E-state index in [1.54, 1.807) is 0 Å². The zero-order valence-corrected chi connectivity index (χ0v) is 14.3. The minimum Gasteiger partial charge on any atom is -0.0979 e. The van der Waals surface area contributed by atoms with Crippen molar-refractivity contribution in [3.8, 4) is 11.8 Å². The van der Waals surface area contributed by atoms with E-state index in [0.717, 1.165) is 12.0 Å². The van der Waals surface area contributed by atoms with Gasteiger partial charge in [-0.05, 0) is 30.4 Å². The van der Waals surface area contributed by atoms with Gasteiger partial charge in [-0.25, -0.2) is 0 Å². The van der Waals surface area contributed by atoms with Crippen molar-refractivity contribution >= 4 is 0 Å². The van der Waals surface area contributed by atoms with Crippen molar-refractivity contribution < 1.29 is 0 Å². The van der Waals surface area contributed by atoms with Crippen molar-refractivity contribution in [1.29, 1.82) is 0 Å². The first-order valence-electron chi connectivity index (χ1n) is 8.62. The van der Waals surface area contributed by atoms with Crippen LogP contribution in [-0.4, -0.2) is 0 Å². The van der Waals surface area contributed by atoms with Crippen molar-refractivity contribution in [2.45, 2.75) is 78.6 Å². The first-order chi connectivity index (χ1) is 10.1. The molecule has 0 aromatic heterocycles. The van der Waals surface area contributed by atoms with Gasteiger partial charge in [0.15, 0.2) is 0 Å². The topological polar surface area (TPSA) is 0 Å². The van der Waals surface area contributed by atoms with Crippen LogP contribution in [0.2, 0.25) is 0 Å². The van der Waals surface area contributed by atoms with E-state index in [1.807, 2.05) is 18.2 Å². The van der Waals surface area contributed by atoms with Crippen LogP contribution >= 0.6 is 0 Å². The molecule has 0 amide bonds. The van der Waals surface area contributed by atoms with Crippen LogP contribution < -0.4 is 0 Å². The molecule has 0 aliphatic rings. The molecular formula is C21H32. The predicted molar refractivity (Wildman–Crippen MR) is 94.3 cm³/mol. The lowest BCUT2D eigenvalue weighted by Crippen LogP contribution is -2.03. The maximum Gasteiger partial charge on any atom is 0.0245 e. The summed E-state index contributed by atoms with van der Waals surface area (Å²) in [5.74, 6) is 6.51. The molecule has 0 spiro atoms. The Balaban J connectivity index is 1.90. The van der Waals surface area contributed by atoms with Gasteiger partial charge in [0, 0.05) is 12.0 Å². The molecule has 0 heterocycles. The number of hydrogen-bond donors (Lipinski definition) is 0. The number of rotatable bonds is 8. The van der Waals surface area contributed by atoms with Crippen LogP contribution in [0.4, 0.5) is 0 Å². The van der Waals surface area contributed by atoms with Gasteiger partial charge >= 0.3 is 0 Å². The van der Waals surface area contributed by atoms with Gasteiger partial charge < -0.3 is 0 Å². The zero-order chi connectivity index (χ0) is 15.4. The lowest BCUT2D eigenvalue weighted by molar-refractivity contribution is 0.356. The van der Waals surface area contributed by atoms with E-state index in [-0.39, 0.29) is 0 Å². The van der Waals surface area contributed by atoms with Crippen LogP contribution in [0.15, 0.2) is 30.3 Å². The van der Waals surface area contributed by atoms with Crippen molar-refractivity contribution in [3.63, 3.8) is 0 Å². The molecule has 0 nitrogen and oxygen atoms in total. The molecule has 0 bridgehead atoms. The third kappa shape index (κ3) is 11.1. The van der Waals surface area contributed by atoms with Crippen molar-refractivity contribution in [2.24, 2.45) is 5.41 Å². The molecule has 0 fully saturated rings. The molecule has 1 aromatic rings. The van der Waals surface area contributed by atoms with E-state index < -0.39 is 0 Å². The monoisotopic (exact) mass is 284 g/mol. The Morgan fingerprint density at radius 2 is 1.33 bits per heavy atom. The summed E-state index contributed by atoms with van der Waals surface area (Å²) in [7, 11) is 0. The number of unbranched alkanes of at least 4 members (excludes halogenated alkanes) is 7. The highest BCUT2D eigenvalue weighted by Crippen LogP contribution is 2.22. The van der Waals surface area contributed by atoms with Gasteiger partial charge in [-0.15, -0.1) is 0 Å². The Hall–Kier alpha value is -1.22. The SMILES string of the molecule is CC(C)(C)CCCCCCCCCC#Cc1ccccc1. The number of hydrogen-bond acceptors (Lipinski definition) is 0. The van der Waals surface area contributed by atoms with Gasteiger partial charge in [-0.1, -0.05) is 89.3 Å². The summed E-state index contributed by atoms with van der Waals surface area (Å²) in [6.07, 6.45) is 12.0. The quantitative estimate of drug-likeness (QED) is 0.373. The molecular weight excluding hydrogens is 252 g/mol. The molecule has 21 heavy (non-hydrogen) atoms. The minimum absolute atomic E-state index is 0.511. The Labute approximate surface area is 132 Å². The normalized spacial score (nSPS) is 11.0. The van der Waals surface area contributed by atoms with Gasteiger partial charge in [0.2, 0.25) is 0 Å². The summed E-state index contributed by atoms with van der Waals surface area (Å²) in [5.41, 5.74) is 1.65. The van der Waals surface area contributed by atoms with E-state index in [2.05, 4.69) is 44.7 Å². The van der Waals surface area contributed by atoms with Crippen LogP contribution in [0.25, 0.3) is 0 Å². The van der Waals surface area contributed by atoms with Gasteiger partial charge in [0.25, 0.3) is 0 Å². The molecule has 0 aliphatic carbocycles. The van der Waals surface area contributed by atoms with Crippen molar-refractivity contribution in [1.82, 2.24) is 0 Å². The molecule has 0 atom stereocenters. The lowest BCUT2D eigenvalue weighted by Gasteiger charge is -2.17. The van der Waals surface area contributed by atoms with E-state index >= 15 is 0 Å². The minimum atomic E-state index is 0.511. The van der Waals surface area contributed by atoms with Gasteiger partial charge in [-0.3, -0.25) is 0 Å². The first kappa shape index (κ1) is 17.8. The number of benzene rings is 1. The predicted octanol–water partition coefficient (Wildman–Crippen LogP) is 6.60. The third-order valence-corrected chi connectivity index (χ3v) is 3.74. The standard InChI is InChI=1S/C21H32/c1-21(2,3)19-15-10-8-6-4-5-7-9-12-16-20-17-13-11-14-18-20/h11,13-14,17-18H,4-10,15,19H2,1-3H3. The van der Waals surface area contributed by atoms with Crippen LogP contribution in [0.5, 0.6) is 0 Å². The molecule has 1 rings (SSSR count). The van der Waals surface area contributed by atoms with E-state index in [1.165, 1.54) is 51.4 Å². The van der Waals surface area contributed by atoms with Crippen LogP contribution in [0.3, 0.4) is 0 Å². The Bertz CT molecular complexity index is 411. The van der Waals surface area contributed by atoms with Gasteiger partial charge in [-0.2, -0.15) is 0 Å². The molecule has 0 radical (unpaired) electrons. The second-order valence-electron chi connectivity index (χ2n) is 7.20. The Morgan fingerprint density at radius 3 is 1.95 bits per heavy atom. The summed E-state index contributed by atoms with van der Waals surface area (Å²) in [6.45, 7) is 7.01.